The van der Waals surface area contributed by atoms with Crippen LogP contribution < -0.4 is 9.64 Å². The lowest BCUT2D eigenvalue weighted by Crippen LogP contribution is -2.40. The van der Waals surface area contributed by atoms with Gasteiger partial charge in [0.1, 0.15) is 5.75 Å². The first-order valence-electron chi connectivity index (χ1n) is 10.2. The van der Waals surface area contributed by atoms with Crippen molar-refractivity contribution in [2.24, 2.45) is 0 Å². The van der Waals surface area contributed by atoms with Crippen molar-refractivity contribution in [1.82, 2.24) is 14.8 Å². The molecule has 1 aliphatic heterocycles. The summed E-state index contributed by atoms with van der Waals surface area (Å²) in [5, 5.41) is 9.27. The average Bonchev–Trinajstić information content (AvgIpc) is 3.32. The van der Waals surface area contributed by atoms with E-state index in [1.807, 2.05) is 58.9 Å². The first-order chi connectivity index (χ1) is 14.5. The van der Waals surface area contributed by atoms with Gasteiger partial charge in [-0.1, -0.05) is 42.1 Å². The summed E-state index contributed by atoms with van der Waals surface area (Å²) in [6.07, 6.45) is 0.891. The third-order valence-corrected chi connectivity index (χ3v) is 6.52. The molecule has 2 atom stereocenters. The molecule has 0 N–H and O–H groups in total. The molecular formula is C23H26N4O2S. The number of thioether (sulfide) groups is 1. The molecular weight excluding hydrogens is 396 g/mol. The molecule has 0 bridgehead atoms. The fourth-order valence-corrected chi connectivity index (χ4v) is 4.96. The molecule has 30 heavy (non-hydrogen) atoms. The summed E-state index contributed by atoms with van der Waals surface area (Å²) in [6.45, 7) is 6.80. The molecule has 0 radical (unpaired) electrons. The van der Waals surface area contributed by atoms with E-state index in [0.29, 0.717) is 6.54 Å². The lowest BCUT2D eigenvalue weighted by atomic mass is 10.1. The number of hydrogen-bond donors (Lipinski definition) is 0. The Labute approximate surface area is 181 Å². The number of amides is 1. The molecule has 0 fully saturated rings. The number of benzene rings is 2. The van der Waals surface area contributed by atoms with Gasteiger partial charge in [0.05, 0.1) is 17.9 Å². The molecule has 0 saturated heterocycles. The van der Waals surface area contributed by atoms with Crippen LogP contribution in [0.5, 0.6) is 5.75 Å². The van der Waals surface area contributed by atoms with Gasteiger partial charge in [-0.3, -0.25) is 4.79 Å². The van der Waals surface area contributed by atoms with E-state index in [1.165, 1.54) is 17.3 Å². The molecule has 2 unspecified atom stereocenters. The Balaban J connectivity index is 1.59. The minimum absolute atomic E-state index is 0.0990. The van der Waals surface area contributed by atoms with Crippen molar-refractivity contribution in [2.75, 3.05) is 12.0 Å². The Kier molecular flexibility index (Phi) is 5.81. The summed E-state index contributed by atoms with van der Waals surface area (Å²) in [4.78, 5) is 15.3. The van der Waals surface area contributed by atoms with Crippen LogP contribution in [0.3, 0.4) is 0 Å². The Hall–Kier alpha value is -2.80. The van der Waals surface area contributed by atoms with E-state index in [9.17, 15) is 4.79 Å². The van der Waals surface area contributed by atoms with E-state index in [-0.39, 0.29) is 17.2 Å². The fourth-order valence-electron chi connectivity index (χ4n) is 4.00. The number of nitrogens with zero attached hydrogens (tertiary/aromatic N) is 4. The van der Waals surface area contributed by atoms with Gasteiger partial charge in [0.25, 0.3) is 0 Å². The SMILES string of the molecule is CCn1c(SC(C)C(=O)N2c3ccccc3CC2C)nnc1-c1ccccc1OC. The zero-order valence-electron chi connectivity index (χ0n) is 17.7. The van der Waals surface area contributed by atoms with E-state index in [1.54, 1.807) is 7.11 Å². The van der Waals surface area contributed by atoms with Crippen LogP contribution in [0.4, 0.5) is 5.69 Å². The second kappa shape index (κ2) is 8.52. The maximum absolute atomic E-state index is 13.3. The molecule has 0 spiro atoms. The number of fused-ring (bicyclic) bond motifs is 1. The van der Waals surface area contributed by atoms with Gasteiger partial charge in [0.2, 0.25) is 5.91 Å². The standard InChI is InChI=1S/C23H26N4O2S/c1-5-26-21(18-11-7-9-13-20(18)29-4)24-25-23(26)30-16(3)22(28)27-15(2)14-17-10-6-8-12-19(17)27/h6-13,15-16H,5,14H2,1-4H3. The molecule has 1 aromatic heterocycles. The Morgan fingerprint density at radius 3 is 2.70 bits per heavy atom. The average molecular weight is 423 g/mol. The highest BCUT2D eigenvalue weighted by Gasteiger charge is 2.34. The zero-order valence-corrected chi connectivity index (χ0v) is 18.5. The van der Waals surface area contributed by atoms with Crippen LogP contribution in [-0.2, 0) is 17.8 Å². The highest BCUT2D eigenvalue weighted by Crippen LogP contribution is 2.36. The van der Waals surface area contributed by atoms with Crippen molar-refractivity contribution < 1.29 is 9.53 Å². The van der Waals surface area contributed by atoms with Crippen LogP contribution in [0.1, 0.15) is 26.3 Å². The Bertz CT molecular complexity index is 1060. The monoisotopic (exact) mass is 422 g/mol. The predicted octanol–water partition coefficient (Wildman–Crippen LogP) is 4.43. The van der Waals surface area contributed by atoms with E-state index in [4.69, 9.17) is 4.74 Å². The lowest BCUT2D eigenvalue weighted by molar-refractivity contribution is -0.118. The van der Waals surface area contributed by atoms with Crippen molar-refractivity contribution in [3.63, 3.8) is 0 Å². The molecule has 1 aliphatic rings. The third kappa shape index (κ3) is 3.58. The maximum Gasteiger partial charge on any atom is 0.240 e. The van der Waals surface area contributed by atoms with Gasteiger partial charge in [-0.05, 0) is 51.0 Å². The Morgan fingerprint density at radius 2 is 1.93 bits per heavy atom. The fraction of sp³-hybridized carbons (Fsp3) is 0.348. The second-order valence-corrected chi connectivity index (χ2v) is 8.71. The van der Waals surface area contributed by atoms with Crippen LogP contribution in [0, 0.1) is 0 Å². The molecule has 2 aromatic carbocycles. The molecule has 4 rings (SSSR count). The normalized spacial score (nSPS) is 16.4. The van der Waals surface area contributed by atoms with E-state index in [0.717, 1.165) is 34.4 Å². The first kappa shape index (κ1) is 20.5. The van der Waals surface area contributed by atoms with Crippen LogP contribution in [0.2, 0.25) is 0 Å². The van der Waals surface area contributed by atoms with Gasteiger partial charge < -0.3 is 14.2 Å². The molecule has 0 saturated carbocycles. The summed E-state index contributed by atoms with van der Waals surface area (Å²) in [7, 11) is 1.65. The van der Waals surface area contributed by atoms with Gasteiger partial charge in [-0.15, -0.1) is 10.2 Å². The van der Waals surface area contributed by atoms with Crippen LogP contribution in [0.25, 0.3) is 11.4 Å². The van der Waals surface area contributed by atoms with Gasteiger partial charge in [-0.2, -0.15) is 0 Å². The maximum atomic E-state index is 13.3. The van der Waals surface area contributed by atoms with Crippen molar-refractivity contribution >= 4 is 23.4 Å². The number of rotatable bonds is 6. The lowest BCUT2D eigenvalue weighted by Gasteiger charge is -2.25. The van der Waals surface area contributed by atoms with E-state index >= 15 is 0 Å². The van der Waals surface area contributed by atoms with Crippen molar-refractivity contribution in [3.05, 3.63) is 54.1 Å². The first-order valence-corrected chi connectivity index (χ1v) is 11.1. The number of hydrogen-bond acceptors (Lipinski definition) is 5. The quantitative estimate of drug-likeness (QED) is 0.550. The van der Waals surface area contributed by atoms with Crippen molar-refractivity contribution in [2.45, 2.75) is 50.2 Å². The van der Waals surface area contributed by atoms with E-state index in [2.05, 4.69) is 30.1 Å². The molecule has 6 nitrogen and oxygen atoms in total. The number of anilines is 1. The molecule has 3 aromatic rings. The summed E-state index contributed by atoms with van der Waals surface area (Å²) < 4.78 is 7.53. The Morgan fingerprint density at radius 1 is 1.20 bits per heavy atom. The van der Waals surface area contributed by atoms with Crippen LogP contribution >= 0.6 is 11.8 Å². The highest BCUT2D eigenvalue weighted by molar-refractivity contribution is 8.00. The number of ether oxygens (including phenoxy) is 1. The largest absolute Gasteiger partial charge is 0.496 e. The smallest absolute Gasteiger partial charge is 0.240 e. The van der Waals surface area contributed by atoms with Crippen LogP contribution in [-0.4, -0.2) is 39.1 Å². The van der Waals surface area contributed by atoms with Gasteiger partial charge >= 0.3 is 0 Å². The number of aromatic nitrogens is 3. The number of para-hydroxylation sites is 2. The third-order valence-electron chi connectivity index (χ3n) is 5.46. The molecule has 2 heterocycles. The van der Waals surface area contributed by atoms with Crippen molar-refractivity contribution in [3.8, 4) is 17.1 Å². The summed E-state index contributed by atoms with van der Waals surface area (Å²) in [5.74, 6) is 1.60. The van der Waals surface area contributed by atoms with Gasteiger partial charge in [-0.25, -0.2) is 0 Å². The summed E-state index contributed by atoms with van der Waals surface area (Å²) in [5.41, 5.74) is 3.14. The molecule has 0 aliphatic carbocycles. The number of methoxy groups -OCH3 is 1. The molecule has 1 amide bonds. The second-order valence-electron chi connectivity index (χ2n) is 7.40. The van der Waals surface area contributed by atoms with Crippen LogP contribution in [0.15, 0.2) is 53.7 Å². The van der Waals surface area contributed by atoms with Gasteiger partial charge in [0, 0.05) is 18.3 Å². The van der Waals surface area contributed by atoms with Gasteiger partial charge in [0.15, 0.2) is 11.0 Å². The topological polar surface area (TPSA) is 60.2 Å². The molecule has 156 valence electrons. The molecule has 7 heteroatoms. The summed E-state index contributed by atoms with van der Waals surface area (Å²) >= 11 is 1.45. The highest BCUT2D eigenvalue weighted by atomic mass is 32.2. The number of carbonyl (C=O) groups is 1. The minimum atomic E-state index is -0.279. The summed E-state index contributed by atoms with van der Waals surface area (Å²) in [6, 6.07) is 16.1. The minimum Gasteiger partial charge on any atom is -0.496 e. The van der Waals surface area contributed by atoms with Crippen molar-refractivity contribution in [1.29, 1.82) is 0 Å². The predicted molar refractivity (Wildman–Crippen MR) is 120 cm³/mol. The number of carbonyl (C=O) groups excluding carboxylic acids is 1. The zero-order chi connectivity index (χ0) is 21.3. The van der Waals surface area contributed by atoms with E-state index < -0.39 is 0 Å².